The number of aryl methyl sites for hydroxylation is 1. The highest BCUT2D eigenvalue weighted by atomic mass is 16.5. The second kappa shape index (κ2) is 8.95. The molecule has 3 N–H and O–H groups in total. The summed E-state index contributed by atoms with van der Waals surface area (Å²) in [4.78, 5) is 46.7. The molecular formula is C23H22N6O4. The normalized spacial score (nSPS) is 10.8. The van der Waals surface area contributed by atoms with Crippen molar-refractivity contribution in [1.29, 1.82) is 0 Å². The molecule has 0 atom stereocenters. The van der Waals surface area contributed by atoms with E-state index < -0.39 is 17.2 Å². The summed E-state index contributed by atoms with van der Waals surface area (Å²) in [5.41, 5.74) is 6.58. The number of carbonyl (C=O) groups excluding carboxylic acids is 1. The van der Waals surface area contributed by atoms with E-state index in [4.69, 9.17) is 10.5 Å². The number of ether oxygens (including phenoxy) is 1. The number of nitrogens with one attached hydrogen (secondary N) is 1. The van der Waals surface area contributed by atoms with E-state index in [0.29, 0.717) is 17.1 Å². The molecule has 10 nitrogen and oxygen atoms in total. The third-order valence-corrected chi connectivity index (χ3v) is 5.24. The second-order valence-corrected chi connectivity index (χ2v) is 7.44. The molecule has 0 bridgehead atoms. The first-order chi connectivity index (χ1) is 15.9. The standard InChI is InChI=1S/C23H22N6O4/c1-28-19-12-26-18(21(30)27-11-14-6-7-25-20(24)9-14)10-17(19)22(31)29(23(28)32)13-15-4-3-5-16(8-15)33-2/h3-10,12H,11,13H2,1-2H3,(H2,24,25)(H,27,30). The van der Waals surface area contributed by atoms with Crippen molar-refractivity contribution in [1.82, 2.24) is 24.4 Å². The first kappa shape index (κ1) is 21.8. The Hall–Kier alpha value is -4.47. The third kappa shape index (κ3) is 4.45. The molecule has 4 rings (SSSR count). The van der Waals surface area contributed by atoms with E-state index in [-0.39, 0.29) is 24.2 Å². The van der Waals surface area contributed by atoms with Crippen LogP contribution >= 0.6 is 0 Å². The van der Waals surface area contributed by atoms with Crippen LogP contribution in [0.4, 0.5) is 5.82 Å². The van der Waals surface area contributed by atoms with Gasteiger partial charge in [-0.3, -0.25) is 18.7 Å². The van der Waals surface area contributed by atoms with E-state index >= 15 is 0 Å². The van der Waals surface area contributed by atoms with Gasteiger partial charge < -0.3 is 15.8 Å². The lowest BCUT2D eigenvalue weighted by atomic mass is 10.2. The Morgan fingerprint density at radius 1 is 1.12 bits per heavy atom. The number of nitrogen functional groups attached to an aromatic ring is 1. The van der Waals surface area contributed by atoms with Crippen LogP contribution < -0.4 is 27.0 Å². The number of nitrogens with zero attached hydrogens (tertiary/aromatic N) is 4. The van der Waals surface area contributed by atoms with Crippen LogP contribution in [-0.4, -0.2) is 32.1 Å². The fourth-order valence-electron chi connectivity index (χ4n) is 3.50. The molecule has 0 aliphatic carbocycles. The van der Waals surface area contributed by atoms with Gasteiger partial charge in [0.1, 0.15) is 17.3 Å². The summed E-state index contributed by atoms with van der Waals surface area (Å²) in [6.07, 6.45) is 2.91. The maximum absolute atomic E-state index is 13.2. The van der Waals surface area contributed by atoms with E-state index in [1.54, 1.807) is 56.8 Å². The van der Waals surface area contributed by atoms with Gasteiger partial charge in [-0.25, -0.2) is 14.8 Å². The number of rotatable bonds is 6. The molecule has 0 saturated carbocycles. The number of carbonyl (C=O) groups is 1. The Labute approximate surface area is 188 Å². The lowest BCUT2D eigenvalue weighted by molar-refractivity contribution is 0.0946. The van der Waals surface area contributed by atoms with Crippen LogP contribution in [0.25, 0.3) is 10.9 Å². The maximum Gasteiger partial charge on any atom is 0.331 e. The van der Waals surface area contributed by atoms with Crippen LogP contribution in [0, 0.1) is 0 Å². The first-order valence-electron chi connectivity index (χ1n) is 10.1. The van der Waals surface area contributed by atoms with Gasteiger partial charge in [0.15, 0.2) is 0 Å². The molecule has 3 aromatic heterocycles. The summed E-state index contributed by atoms with van der Waals surface area (Å²) in [6.45, 7) is 0.282. The lowest BCUT2D eigenvalue weighted by Crippen LogP contribution is -2.39. The number of amides is 1. The molecule has 1 amide bonds. The molecular weight excluding hydrogens is 424 g/mol. The number of methoxy groups -OCH3 is 1. The Morgan fingerprint density at radius 3 is 2.70 bits per heavy atom. The van der Waals surface area contributed by atoms with E-state index in [9.17, 15) is 14.4 Å². The van der Waals surface area contributed by atoms with E-state index in [0.717, 1.165) is 15.7 Å². The molecule has 0 aliphatic heterocycles. The van der Waals surface area contributed by atoms with Gasteiger partial charge in [-0.2, -0.15) is 0 Å². The number of benzene rings is 1. The van der Waals surface area contributed by atoms with Gasteiger partial charge in [0.05, 0.1) is 30.8 Å². The van der Waals surface area contributed by atoms with Crippen LogP contribution in [0.1, 0.15) is 21.6 Å². The van der Waals surface area contributed by atoms with Crippen molar-refractivity contribution >= 4 is 22.6 Å². The molecule has 0 saturated heterocycles. The Morgan fingerprint density at radius 2 is 1.94 bits per heavy atom. The number of aromatic nitrogens is 4. The minimum absolute atomic E-state index is 0.0615. The summed E-state index contributed by atoms with van der Waals surface area (Å²) in [5.74, 6) is 0.514. The van der Waals surface area contributed by atoms with Crippen molar-refractivity contribution in [3.05, 3.63) is 92.5 Å². The van der Waals surface area contributed by atoms with E-state index in [2.05, 4.69) is 15.3 Å². The molecule has 0 unspecified atom stereocenters. The number of hydrogen-bond donors (Lipinski definition) is 2. The van der Waals surface area contributed by atoms with Crippen molar-refractivity contribution in [3.63, 3.8) is 0 Å². The smallest absolute Gasteiger partial charge is 0.331 e. The highest BCUT2D eigenvalue weighted by Crippen LogP contribution is 2.14. The molecule has 168 valence electrons. The zero-order valence-electron chi connectivity index (χ0n) is 18.1. The zero-order chi connectivity index (χ0) is 23.5. The predicted octanol–water partition coefficient (Wildman–Crippen LogP) is 1.06. The minimum Gasteiger partial charge on any atom is -0.497 e. The van der Waals surface area contributed by atoms with Gasteiger partial charge in [0, 0.05) is 19.8 Å². The minimum atomic E-state index is -0.505. The van der Waals surface area contributed by atoms with Gasteiger partial charge in [0.25, 0.3) is 11.5 Å². The van der Waals surface area contributed by atoms with Gasteiger partial charge in [-0.1, -0.05) is 12.1 Å². The van der Waals surface area contributed by atoms with Crippen molar-refractivity contribution < 1.29 is 9.53 Å². The fourth-order valence-corrected chi connectivity index (χ4v) is 3.50. The first-order valence-corrected chi connectivity index (χ1v) is 10.1. The molecule has 33 heavy (non-hydrogen) atoms. The average molecular weight is 446 g/mol. The summed E-state index contributed by atoms with van der Waals surface area (Å²) in [5, 5.41) is 2.96. The Bertz CT molecular complexity index is 1470. The monoisotopic (exact) mass is 446 g/mol. The Balaban J connectivity index is 1.68. The molecule has 4 aromatic rings. The number of nitrogens with two attached hydrogens (primary N) is 1. The number of anilines is 1. The fraction of sp³-hybridized carbons (Fsp3) is 0.174. The molecule has 0 spiro atoms. The Kier molecular flexibility index (Phi) is 5.90. The van der Waals surface area contributed by atoms with Crippen molar-refractivity contribution in [2.45, 2.75) is 13.1 Å². The molecule has 0 fully saturated rings. The van der Waals surface area contributed by atoms with Crippen LogP contribution in [0.3, 0.4) is 0 Å². The topological polar surface area (TPSA) is 134 Å². The number of fused-ring (bicyclic) bond motifs is 1. The number of hydrogen-bond acceptors (Lipinski definition) is 7. The predicted molar refractivity (Wildman–Crippen MR) is 123 cm³/mol. The van der Waals surface area contributed by atoms with E-state index in [1.807, 2.05) is 0 Å². The quantitative estimate of drug-likeness (QED) is 0.452. The highest BCUT2D eigenvalue weighted by molar-refractivity contribution is 5.95. The van der Waals surface area contributed by atoms with Crippen LogP contribution in [-0.2, 0) is 20.1 Å². The van der Waals surface area contributed by atoms with Gasteiger partial charge >= 0.3 is 5.69 Å². The third-order valence-electron chi connectivity index (χ3n) is 5.24. The molecule has 3 heterocycles. The van der Waals surface area contributed by atoms with Crippen LogP contribution in [0.5, 0.6) is 5.75 Å². The zero-order valence-corrected chi connectivity index (χ0v) is 18.1. The van der Waals surface area contributed by atoms with Gasteiger partial charge in [-0.15, -0.1) is 0 Å². The van der Waals surface area contributed by atoms with Gasteiger partial charge in [0.2, 0.25) is 0 Å². The summed E-state index contributed by atoms with van der Waals surface area (Å²) < 4.78 is 7.68. The molecule has 1 aromatic carbocycles. The molecule has 0 radical (unpaired) electrons. The van der Waals surface area contributed by atoms with Gasteiger partial charge in [-0.05, 0) is 41.5 Å². The van der Waals surface area contributed by atoms with Crippen molar-refractivity contribution in [2.24, 2.45) is 7.05 Å². The largest absolute Gasteiger partial charge is 0.497 e. The van der Waals surface area contributed by atoms with Crippen LogP contribution in [0.2, 0.25) is 0 Å². The highest BCUT2D eigenvalue weighted by Gasteiger charge is 2.15. The van der Waals surface area contributed by atoms with Crippen molar-refractivity contribution in [3.8, 4) is 5.75 Å². The summed E-state index contributed by atoms with van der Waals surface area (Å²) in [6, 6.07) is 11.9. The van der Waals surface area contributed by atoms with E-state index in [1.165, 1.54) is 16.8 Å². The maximum atomic E-state index is 13.2. The average Bonchev–Trinajstić information content (AvgIpc) is 2.83. The molecule has 0 aliphatic rings. The second-order valence-electron chi connectivity index (χ2n) is 7.44. The summed E-state index contributed by atoms with van der Waals surface area (Å²) >= 11 is 0. The van der Waals surface area contributed by atoms with Crippen LogP contribution in [0.15, 0.2) is 64.4 Å². The molecule has 10 heteroatoms. The lowest BCUT2D eigenvalue weighted by Gasteiger charge is -2.12. The summed E-state index contributed by atoms with van der Waals surface area (Å²) in [7, 11) is 3.10. The number of pyridine rings is 2. The SMILES string of the molecule is COc1cccc(Cn2c(=O)c3cc(C(=O)NCc4ccnc(N)c4)ncc3n(C)c2=O)c1. The van der Waals surface area contributed by atoms with Crippen molar-refractivity contribution in [2.75, 3.05) is 12.8 Å².